The first-order valence-corrected chi connectivity index (χ1v) is 6.73. The van der Waals surface area contributed by atoms with Gasteiger partial charge in [0.2, 0.25) is 0 Å². The molecule has 1 N–H and O–H groups in total. The maximum atomic E-state index is 4.35. The van der Waals surface area contributed by atoms with E-state index >= 15 is 0 Å². The number of hydrazone groups is 1. The molecular weight excluding hydrogens is 232 g/mol. The topological polar surface area (TPSA) is 24.4 Å². The first-order valence-electron chi connectivity index (χ1n) is 6.73. The van der Waals surface area contributed by atoms with Crippen LogP contribution in [0.3, 0.4) is 0 Å². The van der Waals surface area contributed by atoms with Gasteiger partial charge in [0, 0.05) is 11.1 Å². The highest BCUT2D eigenvalue weighted by molar-refractivity contribution is 5.90. The molecule has 0 radical (unpaired) electrons. The van der Waals surface area contributed by atoms with Crippen LogP contribution in [-0.2, 0) is 0 Å². The van der Waals surface area contributed by atoms with Gasteiger partial charge in [0.05, 0.1) is 6.21 Å². The quantitative estimate of drug-likeness (QED) is 0.636. The Morgan fingerprint density at radius 2 is 1.95 bits per heavy atom. The molecule has 0 spiro atoms. The summed E-state index contributed by atoms with van der Waals surface area (Å²) in [5.74, 6) is 0. The summed E-state index contributed by atoms with van der Waals surface area (Å²) in [6.07, 6.45) is 7.34. The van der Waals surface area contributed by atoms with E-state index in [9.17, 15) is 0 Å². The highest BCUT2D eigenvalue weighted by Crippen LogP contribution is 2.30. The molecule has 0 fully saturated rings. The van der Waals surface area contributed by atoms with E-state index in [1.807, 2.05) is 6.21 Å². The van der Waals surface area contributed by atoms with Crippen molar-refractivity contribution in [1.29, 1.82) is 0 Å². The lowest BCUT2D eigenvalue weighted by Gasteiger charge is -2.17. The Kier molecular flexibility index (Phi) is 3.89. The average molecular weight is 254 g/mol. The zero-order valence-corrected chi connectivity index (χ0v) is 12.2. The normalized spacial score (nSPS) is 15.6. The van der Waals surface area contributed by atoms with Crippen LogP contribution in [0.1, 0.15) is 45.2 Å². The summed E-state index contributed by atoms with van der Waals surface area (Å²) in [6, 6.07) is 8.43. The Balaban J connectivity index is 2.25. The van der Waals surface area contributed by atoms with Crippen molar-refractivity contribution in [2.75, 3.05) is 0 Å². The van der Waals surface area contributed by atoms with Crippen LogP contribution in [-0.4, -0.2) is 11.8 Å². The zero-order chi connectivity index (χ0) is 13.9. The third-order valence-corrected chi connectivity index (χ3v) is 3.06. The minimum Gasteiger partial charge on any atom is -0.305 e. The molecule has 1 aliphatic carbocycles. The highest BCUT2D eigenvalue weighted by Gasteiger charge is 2.11. The second-order valence-corrected chi connectivity index (χ2v) is 5.98. The van der Waals surface area contributed by atoms with Gasteiger partial charge in [0.15, 0.2) is 0 Å². The third-order valence-electron chi connectivity index (χ3n) is 3.06. The molecule has 0 saturated carbocycles. The van der Waals surface area contributed by atoms with Crippen molar-refractivity contribution < 1.29 is 0 Å². The van der Waals surface area contributed by atoms with Crippen molar-refractivity contribution in [2.45, 2.75) is 39.7 Å². The summed E-state index contributed by atoms with van der Waals surface area (Å²) < 4.78 is 0. The van der Waals surface area contributed by atoms with Crippen LogP contribution in [0, 0.1) is 0 Å². The predicted octanol–water partition coefficient (Wildman–Crippen LogP) is 4.14. The summed E-state index contributed by atoms with van der Waals surface area (Å²) in [5, 5.41) is 4.35. The molecule has 2 rings (SSSR count). The summed E-state index contributed by atoms with van der Waals surface area (Å²) in [7, 11) is 0. The van der Waals surface area contributed by atoms with E-state index in [0.29, 0.717) is 0 Å². The van der Waals surface area contributed by atoms with Gasteiger partial charge in [-0.15, -0.1) is 0 Å². The van der Waals surface area contributed by atoms with Crippen molar-refractivity contribution >= 4 is 11.8 Å². The van der Waals surface area contributed by atoms with Crippen LogP contribution in [0.4, 0.5) is 0 Å². The third kappa shape index (κ3) is 3.57. The fourth-order valence-corrected chi connectivity index (χ4v) is 2.12. The second-order valence-electron chi connectivity index (χ2n) is 5.98. The number of hydrogen-bond donors (Lipinski definition) is 1. The number of benzene rings is 1. The number of hydrogen-bond acceptors (Lipinski definition) is 2. The molecule has 1 aliphatic rings. The van der Waals surface area contributed by atoms with E-state index in [0.717, 1.165) is 12.0 Å². The lowest BCUT2D eigenvalue weighted by atomic mass is 9.97. The monoisotopic (exact) mass is 254 g/mol. The minimum atomic E-state index is -0.00442. The average Bonchev–Trinajstić information content (AvgIpc) is 2.74. The number of nitrogens with zero attached hydrogens (tertiary/aromatic N) is 1. The van der Waals surface area contributed by atoms with Gasteiger partial charge in [-0.1, -0.05) is 36.4 Å². The molecule has 0 unspecified atom stereocenters. The first-order chi connectivity index (χ1) is 8.97. The van der Waals surface area contributed by atoms with E-state index in [1.165, 1.54) is 16.7 Å². The van der Waals surface area contributed by atoms with E-state index in [-0.39, 0.29) is 5.54 Å². The van der Waals surface area contributed by atoms with Crippen LogP contribution in [0.15, 0.2) is 47.1 Å². The number of rotatable bonds is 3. The van der Waals surface area contributed by atoms with Gasteiger partial charge in [0.25, 0.3) is 0 Å². The molecule has 2 nitrogen and oxygen atoms in total. The van der Waals surface area contributed by atoms with Crippen LogP contribution >= 0.6 is 0 Å². The van der Waals surface area contributed by atoms with Crippen LogP contribution in [0.2, 0.25) is 0 Å². The van der Waals surface area contributed by atoms with Crippen molar-refractivity contribution in [2.24, 2.45) is 5.10 Å². The Hall–Kier alpha value is -1.83. The molecule has 19 heavy (non-hydrogen) atoms. The summed E-state index contributed by atoms with van der Waals surface area (Å²) >= 11 is 0. The largest absolute Gasteiger partial charge is 0.305 e. The Labute approximate surface area is 115 Å². The molecule has 0 aromatic heterocycles. The fraction of sp³-hybridized carbons (Fsp3) is 0.353. The Bertz CT molecular complexity index is 543. The van der Waals surface area contributed by atoms with Crippen molar-refractivity contribution in [1.82, 2.24) is 5.43 Å². The minimum absolute atomic E-state index is 0.00442. The molecule has 2 heteroatoms. The summed E-state index contributed by atoms with van der Waals surface area (Å²) in [4.78, 5) is 0. The van der Waals surface area contributed by atoms with Gasteiger partial charge in [-0.25, -0.2) is 0 Å². The molecule has 0 amide bonds. The van der Waals surface area contributed by atoms with Crippen molar-refractivity contribution in [3.8, 4) is 0 Å². The molecular formula is C17H22N2. The zero-order valence-electron chi connectivity index (χ0n) is 12.2. The SMILES string of the molecule is CC1=C(c2ccccc2/C=N/NC(C)(C)C)CC=C1. The van der Waals surface area contributed by atoms with Crippen molar-refractivity contribution in [3.05, 3.63) is 53.1 Å². The molecule has 0 saturated heterocycles. The van der Waals surface area contributed by atoms with E-state index in [1.54, 1.807) is 0 Å². The maximum absolute atomic E-state index is 4.35. The van der Waals surface area contributed by atoms with Gasteiger partial charge in [-0.2, -0.15) is 5.10 Å². The standard InChI is InChI=1S/C17H22N2/c1-13-8-7-11-15(13)16-10-6-5-9-14(16)12-18-19-17(2,3)4/h5-10,12,19H,11H2,1-4H3/b18-12+. The first kappa shape index (κ1) is 13.6. The predicted molar refractivity (Wildman–Crippen MR) is 83.3 cm³/mol. The number of allylic oxidation sites excluding steroid dienone is 4. The van der Waals surface area contributed by atoms with Crippen LogP contribution < -0.4 is 5.43 Å². The number of nitrogens with one attached hydrogen (secondary N) is 1. The van der Waals surface area contributed by atoms with Gasteiger partial charge in [-0.3, -0.25) is 0 Å². The van der Waals surface area contributed by atoms with E-state index in [2.05, 4.69) is 74.6 Å². The van der Waals surface area contributed by atoms with Crippen molar-refractivity contribution in [3.63, 3.8) is 0 Å². The fourth-order valence-electron chi connectivity index (χ4n) is 2.12. The summed E-state index contributed by atoms with van der Waals surface area (Å²) in [6.45, 7) is 8.47. The molecule has 1 aromatic rings. The smallest absolute Gasteiger partial charge is 0.0546 e. The molecule has 100 valence electrons. The highest BCUT2D eigenvalue weighted by atomic mass is 15.3. The Morgan fingerprint density at radius 1 is 1.21 bits per heavy atom. The molecule has 0 bridgehead atoms. The van der Waals surface area contributed by atoms with Gasteiger partial charge in [0.1, 0.15) is 0 Å². The maximum Gasteiger partial charge on any atom is 0.0546 e. The molecule has 0 atom stereocenters. The lowest BCUT2D eigenvalue weighted by molar-refractivity contribution is 0.442. The van der Waals surface area contributed by atoms with E-state index in [4.69, 9.17) is 0 Å². The summed E-state index contributed by atoms with van der Waals surface area (Å²) in [5.41, 5.74) is 8.33. The van der Waals surface area contributed by atoms with E-state index < -0.39 is 0 Å². The van der Waals surface area contributed by atoms with Gasteiger partial charge in [-0.05, 0) is 50.8 Å². The van der Waals surface area contributed by atoms with Crippen LogP contribution in [0.25, 0.3) is 5.57 Å². The Morgan fingerprint density at radius 3 is 2.58 bits per heavy atom. The second kappa shape index (κ2) is 5.43. The van der Waals surface area contributed by atoms with Gasteiger partial charge >= 0.3 is 0 Å². The lowest BCUT2D eigenvalue weighted by Crippen LogP contribution is -2.31. The molecule has 1 aromatic carbocycles. The van der Waals surface area contributed by atoms with Crippen LogP contribution in [0.5, 0.6) is 0 Å². The molecule has 0 heterocycles. The molecule has 0 aliphatic heterocycles. The van der Waals surface area contributed by atoms with Gasteiger partial charge < -0.3 is 5.43 Å².